The SMILES string of the molecule is COc1ccc(S(=O)(=O)Nc2ccc(NCCN(C)C)nn2)cc1Cl. The number of hydrogen-bond donors (Lipinski definition) is 2. The molecule has 0 saturated carbocycles. The van der Waals surface area contributed by atoms with Gasteiger partial charge in [-0.2, -0.15) is 0 Å². The van der Waals surface area contributed by atoms with Crippen molar-refractivity contribution in [3.05, 3.63) is 35.4 Å². The fraction of sp³-hybridized carbons (Fsp3) is 0.333. The van der Waals surface area contributed by atoms with Crippen molar-refractivity contribution in [1.29, 1.82) is 0 Å². The highest BCUT2D eigenvalue weighted by molar-refractivity contribution is 7.92. The number of nitrogens with zero attached hydrogens (tertiary/aromatic N) is 3. The van der Waals surface area contributed by atoms with E-state index in [0.717, 1.165) is 6.54 Å². The Bertz CT molecular complexity index is 812. The third-order valence-electron chi connectivity index (χ3n) is 3.20. The minimum absolute atomic E-state index is 0.00767. The highest BCUT2D eigenvalue weighted by Crippen LogP contribution is 2.27. The number of ether oxygens (including phenoxy) is 1. The van der Waals surface area contributed by atoms with E-state index >= 15 is 0 Å². The first kappa shape index (κ1) is 19.2. The highest BCUT2D eigenvalue weighted by atomic mass is 35.5. The summed E-state index contributed by atoms with van der Waals surface area (Å²) >= 11 is 5.97. The molecule has 0 atom stereocenters. The van der Waals surface area contributed by atoms with Crippen LogP contribution in [0.1, 0.15) is 0 Å². The van der Waals surface area contributed by atoms with Crippen LogP contribution in [0.4, 0.5) is 11.6 Å². The van der Waals surface area contributed by atoms with E-state index in [1.807, 2.05) is 19.0 Å². The van der Waals surface area contributed by atoms with Crippen LogP contribution >= 0.6 is 11.6 Å². The predicted molar refractivity (Wildman–Crippen MR) is 97.9 cm³/mol. The van der Waals surface area contributed by atoms with E-state index in [1.165, 1.54) is 31.4 Å². The van der Waals surface area contributed by atoms with E-state index in [1.54, 1.807) is 6.07 Å². The molecule has 1 heterocycles. The highest BCUT2D eigenvalue weighted by Gasteiger charge is 2.17. The molecule has 0 amide bonds. The Morgan fingerprint density at radius 3 is 2.40 bits per heavy atom. The zero-order chi connectivity index (χ0) is 18.4. The van der Waals surface area contributed by atoms with Gasteiger partial charge < -0.3 is 15.0 Å². The Balaban J connectivity index is 2.06. The molecule has 0 radical (unpaired) electrons. The third-order valence-corrected chi connectivity index (χ3v) is 4.85. The molecule has 0 aliphatic rings. The maximum Gasteiger partial charge on any atom is 0.263 e. The summed E-state index contributed by atoms with van der Waals surface area (Å²) in [4.78, 5) is 2.04. The van der Waals surface area contributed by atoms with Gasteiger partial charge in [-0.15, -0.1) is 10.2 Å². The van der Waals surface area contributed by atoms with Crippen molar-refractivity contribution in [2.24, 2.45) is 0 Å². The first-order chi connectivity index (χ1) is 11.8. The van der Waals surface area contributed by atoms with Gasteiger partial charge in [0.1, 0.15) is 11.6 Å². The topological polar surface area (TPSA) is 96.5 Å². The lowest BCUT2D eigenvalue weighted by molar-refractivity contribution is 0.414. The minimum atomic E-state index is -3.82. The summed E-state index contributed by atoms with van der Waals surface area (Å²) in [6.45, 7) is 1.55. The Kier molecular flexibility index (Phi) is 6.40. The molecular formula is C15H20ClN5O3S. The van der Waals surface area contributed by atoms with Gasteiger partial charge in [0.15, 0.2) is 5.82 Å². The third kappa shape index (κ3) is 5.45. The van der Waals surface area contributed by atoms with Crippen LogP contribution in [0.15, 0.2) is 35.2 Å². The molecule has 1 aromatic carbocycles. The monoisotopic (exact) mass is 385 g/mol. The number of halogens is 1. The number of anilines is 2. The zero-order valence-electron chi connectivity index (χ0n) is 14.2. The van der Waals surface area contributed by atoms with Crippen molar-refractivity contribution in [3.8, 4) is 5.75 Å². The van der Waals surface area contributed by atoms with Crippen LogP contribution in [0, 0.1) is 0 Å². The van der Waals surface area contributed by atoms with E-state index in [-0.39, 0.29) is 15.7 Å². The lowest BCUT2D eigenvalue weighted by Crippen LogP contribution is -2.21. The smallest absolute Gasteiger partial charge is 0.263 e. The molecule has 0 bridgehead atoms. The molecule has 0 aliphatic carbocycles. The number of rotatable bonds is 8. The molecule has 0 fully saturated rings. The van der Waals surface area contributed by atoms with Crippen LogP contribution in [-0.2, 0) is 10.0 Å². The summed E-state index contributed by atoms with van der Waals surface area (Å²) in [7, 11) is 1.57. The summed E-state index contributed by atoms with van der Waals surface area (Å²) in [5.41, 5.74) is 0. The van der Waals surface area contributed by atoms with Crippen LogP contribution in [0.3, 0.4) is 0 Å². The average Bonchev–Trinajstić information content (AvgIpc) is 2.56. The molecule has 2 aromatic rings. The number of hydrogen-bond acceptors (Lipinski definition) is 7. The Labute approximate surface area is 152 Å². The van der Waals surface area contributed by atoms with Crippen LogP contribution in [0.5, 0.6) is 5.75 Å². The summed E-state index contributed by atoms with van der Waals surface area (Å²) < 4.78 is 32.1. The largest absolute Gasteiger partial charge is 0.495 e. The number of likely N-dealkylation sites (N-methyl/N-ethyl adjacent to an activating group) is 1. The van der Waals surface area contributed by atoms with E-state index in [9.17, 15) is 8.42 Å². The molecule has 1 aromatic heterocycles. The molecule has 25 heavy (non-hydrogen) atoms. The summed E-state index contributed by atoms with van der Waals surface area (Å²) in [6, 6.07) is 7.39. The van der Waals surface area contributed by atoms with Crippen molar-refractivity contribution < 1.29 is 13.2 Å². The fourth-order valence-corrected chi connectivity index (χ4v) is 3.24. The maximum atomic E-state index is 12.4. The number of sulfonamides is 1. The number of methoxy groups -OCH3 is 1. The Hall–Kier alpha value is -2.10. The van der Waals surface area contributed by atoms with Crippen molar-refractivity contribution >= 4 is 33.3 Å². The molecule has 0 aliphatic heterocycles. The average molecular weight is 386 g/mol. The van der Waals surface area contributed by atoms with Crippen molar-refractivity contribution in [3.63, 3.8) is 0 Å². The van der Waals surface area contributed by atoms with Gasteiger partial charge in [-0.3, -0.25) is 4.72 Å². The van der Waals surface area contributed by atoms with Crippen LogP contribution in [0.2, 0.25) is 5.02 Å². The van der Waals surface area contributed by atoms with Crippen LogP contribution in [-0.4, -0.2) is 57.8 Å². The molecule has 2 N–H and O–H groups in total. The zero-order valence-corrected chi connectivity index (χ0v) is 15.7. The van der Waals surface area contributed by atoms with E-state index in [4.69, 9.17) is 16.3 Å². The standard InChI is InChI=1S/C15H20ClN5O3S/c1-21(2)9-8-17-14-6-7-15(19-18-14)20-25(22,23)11-4-5-13(24-3)12(16)10-11/h4-7,10H,8-9H2,1-3H3,(H,17,18)(H,19,20). The van der Waals surface area contributed by atoms with E-state index < -0.39 is 10.0 Å². The summed E-state index contributed by atoms with van der Waals surface area (Å²) in [5, 5.41) is 11.1. The van der Waals surface area contributed by atoms with Gasteiger partial charge in [0.25, 0.3) is 10.0 Å². The van der Waals surface area contributed by atoms with Gasteiger partial charge in [-0.05, 0) is 44.4 Å². The first-order valence-electron chi connectivity index (χ1n) is 7.40. The van der Waals surface area contributed by atoms with Gasteiger partial charge in [-0.1, -0.05) is 11.6 Å². The second-order valence-electron chi connectivity index (χ2n) is 5.44. The molecule has 0 spiro atoms. The molecule has 0 saturated heterocycles. The predicted octanol–water partition coefficient (Wildman–Crippen LogP) is 1.91. The molecule has 0 unspecified atom stereocenters. The van der Waals surface area contributed by atoms with Crippen LogP contribution in [0.25, 0.3) is 0 Å². The lowest BCUT2D eigenvalue weighted by Gasteiger charge is -2.11. The van der Waals surface area contributed by atoms with Gasteiger partial charge in [0, 0.05) is 13.1 Å². The minimum Gasteiger partial charge on any atom is -0.495 e. The molecule has 136 valence electrons. The van der Waals surface area contributed by atoms with Crippen LogP contribution < -0.4 is 14.8 Å². The lowest BCUT2D eigenvalue weighted by atomic mass is 10.3. The van der Waals surface area contributed by atoms with Crippen molar-refractivity contribution in [2.45, 2.75) is 4.90 Å². The van der Waals surface area contributed by atoms with Crippen molar-refractivity contribution in [2.75, 3.05) is 44.3 Å². The summed E-state index contributed by atoms with van der Waals surface area (Å²) in [6.07, 6.45) is 0. The number of benzene rings is 1. The second kappa shape index (κ2) is 8.32. The van der Waals surface area contributed by atoms with Gasteiger partial charge in [0.05, 0.1) is 17.0 Å². The Morgan fingerprint density at radius 2 is 1.84 bits per heavy atom. The quantitative estimate of drug-likeness (QED) is 0.716. The molecule has 8 nitrogen and oxygen atoms in total. The molecule has 10 heteroatoms. The maximum absolute atomic E-state index is 12.4. The van der Waals surface area contributed by atoms with E-state index in [0.29, 0.717) is 18.1 Å². The first-order valence-corrected chi connectivity index (χ1v) is 9.26. The van der Waals surface area contributed by atoms with Gasteiger partial charge in [-0.25, -0.2) is 8.42 Å². The second-order valence-corrected chi connectivity index (χ2v) is 7.53. The number of nitrogens with one attached hydrogen (secondary N) is 2. The van der Waals surface area contributed by atoms with Gasteiger partial charge in [0.2, 0.25) is 0 Å². The van der Waals surface area contributed by atoms with Gasteiger partial charge >= 0.3 is 0 Å². The normalized spacial score (nSPS) is 11.4. The summed E-state index contributed by atoms with van der Waals surface area (Å²) in [5.74, 6) is 1.08. The van der Waals surface area contributed by atoms with Crippen molar-refractivity contribution in [1.82, 2.24) is 15.1 Å². The number of aromatic nitrogens is 2. The van der Waals surface area contributed by atoms with E-state index in [2.05, 4.69) is 20.2 Å². The fourth-order valence-electron chi connectivity index (χ4n) is 1.90. The Morgan fingerprint density at radius 1 is 1.16 bits per heavy atom. The molecule has 2 rings (SSSR count). The molecular weight excluding hydrogens is 366 g/mol.